The molecule has 1 aromatic heterocycles. The van der Waals surface area contributed by atoms with Crippen molar-refractivity contribution < 1.29 is 24.2 Å². The molecule has 0 spiro atoms. The quantitative estimate of drug-likeness (QED) is 0.505. The van der Waals surface area contributed by atoms with Gasteiger partial charge in [-0.1, -0.05) is 12.1 Å². The Morgan fingerprint density at radius 1 is 1.23 bits per heavy atom. The molecule has 0 saturated carbocycles. The molecule has 0 aliphatic carbocycles. The average molecular weight is 303 g/mol. The minimum Gasteiger partial charge on any atom is -0.506 e. The fourth-order valence-electron chi connectivity index (χ4n) is 2.05. The van der Waals surface area contributed by atoms with Crippen molar-refractivity contribution in [3.63, 3.8) is 0 Å². The highest BCUT2D eigenvalue weighted by atomic mass is 19.1. The number of benzene rings is 1. The van der Waals surface area contributed by atoms with Gasteiger partial charge in [-0.25, -0.2) is 9.18 Å². The van der Waals surface area contributed by atoms with Gasteiger partial charge < -0.3 is 14.8 Å². The van der Waals surface area contributed by atoms with E-state index < -0.39 is 17.5 Å². The van der Waals surface area contributed by atoms with Crippen molar-refractivity contribution in [1.29, 1.82) is 0 Å². The Hall–Kier alpha value is -2.89. The maximum Gasteiger partial charge on any atom is 0.376 e. The summed E-state index contributed by atoms with van der Waals surface area (Å²) in [4.78, 5) is 21.7. The molecule has 0 aliphatic heterocycles. The van der Waals surface area contributed by atoms with Crippen molar-refractivity contribution in [2.24, 2.45) is 0 Å². The lowest BCUT2D eigenvalue weighted by molar-refractivity contribution is -0.146. The molecule has 6 heteroatoms. The zero-order valence-corrected chi connectivity index (χ0v) is 11.8. The fourth-order valence-corrected chi connectivity index (χ4v) is 2.05. The van der Waals surface area contributed by atoms with Crippen LogP contribution >= 0.6 is 0 Å². The summed E-state index contributed by atoms with van der Waals surface area (Å²) in [5, 5.41) is 18.5. The van der Waals surface area contributed by atoms with Crippen LogP contribution < -0.4 is 0 Å². The summed E-state index contributed by atoms with van der Waals surface area (Å²) in [5.74, 6) is -3.62. The van der Waals surface area contributed by atoms with E-state index in [4.69, 9.17) is 5.11 Å². The number of hydrogen-bond acceptors (Lipinski definition) is 3. The number of aryl methyl sites for hydroxylation is 1. The van der Waals surface area contributed by atoms with Crippen LogP contribution in [-0.2, 0) is 16.1 Å². The lowest BCUT2D eigenvalue weighted by atomic mass is 10.2. The van der Waals surface area contributed by atoms with E-state index in [1.54, 1.807) is 35.9 Å². The molecule has 114 valence electrons. The molecule has 22 heavy (non-hydrogen) atoms. The standard InChI is InChI=1S/C16H14FNO4/c1-10-6-13(14(19)7-15(20)16(21)22)18(8-10)9-11-2-4-12(17)5-3-11/h2-8,19H,9H2,1H3,(H,21,22). The Kier molecular flexibility index (Phi) is 4.41. The van der Waals surface area contributed by atoms with Crippen LogP contribution in [0.3, 0.4) is 0 Å². The van der Waals surface area contributed by atoms with Crippen LogP contribution in [0.25, 0.3) is 5.76 Å². The van der Waals surface area contributed by atoms with Crippen LogP contribution in [0.2, 0.25) is 0 Å². The first-order chi connectivity index (χ1) is 10.4. The number of aliphatic hydroxyl groups excluding tert-OH is 1. The van der Waals surface area contributed by atoms with Gasteiger partial charge in [-0.15, -0.1) is 0 Å². The van der Waals surface area contributed by atoms with E-state index in [1.165, 1.54) is 12.1 Å². The average Bonchev–Trinajstić information content (AvgIpc) is 2.82. The summed E-state index contributed by atoms with van der Waals surface area (Å²) in [6.45, 7) is 2.15. The number of halogens is 1. The summed E-state index contributed by atoms with van der Waals surface area (Å²) in [6.07, 6.45) is 2.41. The predicted octanol–water partition coefficient (Wildman–Crippen LogP) is 2.54. The first-order valence-corrected chi connectivity index (χ1v) is 6.46. The second-order valence-corrected chi connectivity index (χ2v) is 4.86. The van der Waals surface area contributed by atoms with E-state index in [0.717, 1.165) is 11.1 Å². The van der Waals surface area contributed by atoms with Gasteiger partial charge in [0.25, 0.3) is 5.78 Å². The van der Waals surface area contributed by atoms with Gasteiger partial charge >= 0.3 is 5.97 Å². The minimum absolute atomic E-state index is 0.316. The van der Waals surface area contributed by atoms with Gasteiger partial charge in [0.1, 0.15) is 11.6 Å². The SMILES string of the molecule is Cc1cc(C(O)=CC(=O)C(=O)O)n(Cc2ccc(F)cc2)c1. The Labute approximate surface area is 125 Å². The second kappa shape index (κ2) is 6.26. The molecule has 0 saturated heterocycles. The molecule has 0 unspecified atom stereocenters. The van der Waals surface area contributed by atoms with Crippen LogP contribution in [0.1, 0.15) is 16.8 Å². The molecule has 5 nitrogen and oxygen atoms in total. The highest BCUT2D eigenvalue weighted by Crippen LogP contribution is 2.18. The minimum atomic E-state index is -1.64. The molecule has 0 radical (unpaired) electrons. The molecule has 0 aliphatic rings. The first kappa shape index (κ1) is 15.5. The summed E-state index contributed by atoms with van der Waals surface area (Å²) in [6, 6.07) is 7.50. The van der Waals surface area contributed by atoms with Crippen molar-refractivity contribution in [2.45, 2.75) is 13.5 Å². The number of carbonyl (C=O) groups is 2. The molecule has 0 bridgehead atoms. The number of hydrogen-bond donors (Lipinski definition) is 2. The maximum atomic E-state index is 12.9. The van der Waals surface area contributed by atoms with Gasteiger partial charge in [-0.05, 0) is 36.2 Å². The molecule has 1 heterocycles. The van der Waals surface area contributed by atoms with Crippen molar-refractivity contribution >= 4 is 17.5 Å². The van der Waals surface area contributed by atoms with Crippen molar-refractivity contribution in [3.8, 4) is 0 Å². The topological polar surface area (TPSA) is 79.5 Å². The van der Waals surface area contributed by atoms with E-state index in [0.29, 0.717) is 18.3 Å². The predicted molar refractivity (Wildman–Crippen MR) is 77.9 cm³/mol. The van der Waals surface area contributed by atoms with Crippen LogP contribution in [0.15, 0.2) is 42.6 Å². The number of aliphatic carboxylic acids is 1. The lowest BCUT2D eigenvalue weighted by Crippen LogP contribution is -2.10. The maximum absolute atomic E-state index is 12.9. The third-order valence-electron chi connectivity index (χ3n) is 3.04. The monoisotopic (exact) mass is 303 g/mol. The van der Waals surface area contributed by atoms with Crippen LogP contribution in [-0.4, -0.2) is 26.5 Å². The van der Waals surface area contributed by atoms with Crippen LogP contribution in [0.5, 0.6) is 0 Å². The number of carboxylic acid groups (broad SMARTS) is 1. The van der Waals surface area contributed by atoms with Crippen molar-refractivity contribution in [1.82, 2.24) is 4.57 Å². The summed E-state index contributed by atoms with van der Waals surface area (Å²) in [7, 11) is 0. The third-order valence-corrected chi connectivity index (χ3v) is 3.04. The molecule has 0 atom stereocenters. The van der Waals surface area contributed by atoms with Gasteiger partial charge in [0.2, 0.25) is 0 Å². The van der Waals surface area contributed by atoms with Gasteiger partial charge in [0.15, 0.2) is 0 Å². The van der Waals surface area contributed by atoms with Crippen LogP contribution in [0, 0.1) is 12.7 Å². The highest BCUT2D eigenvalue weighted by Gasteiger charge is 2.14. The van der Waals surface area contributed by atoms with Crippen molar-refractivity contribution in [2.75, 3.05) is 0 Å². The summed E-state index contributed by atoms with van der Waals surface area (Å²) in [5.41, 5.74) is 1.95. The molecule has 2 aromatic rings. The number of ketones is 1. The van der Waals surface area contributed by atoms with E-state index in [9.17, 15) is 19.1 Å². The van der Waals surface area contributed by atoms with E-state index >= 15 is 0 Å². The third kappa shape index (κ3) is 3.60. The highest BCUT2D eigenvalue weighted by molar-refractivity contribution is 6.38. The molecule has 2 rings (SSSR count). The van der Waals surface area contributed by atoms with Gasteiger partial charge in [0, 0.05) is 18.8 Å². The zero-order chi connectivity index (χ0) is 16.3. The van der Waals surface area contributed by atoms with Gasteiger partial charge in [-0.2, -0.15) is 0 Å². The Morgan fingerprint density at radius 2 is 1.86 bits per heavy atom. The Balaban J connectivity index is 2.32. The van der Waals surface area contributed by atoms with E-state index in [1.807, 2.05) is 0 Å². The second-order valence-electron chi connectivity index (χ2n) is 4.86. The first-order valence-electron chi connectivity index (χ1n) is 6.46. The molecular formula is C16H14FNO4. The zero-order valence-electron chi connectivity index (χ0n) is 11.8. The van der Waals surface area contributed by atoms with E-state index in [2.05, 4.69) is 0 Å². The smallest absolute Gasteiger partial charge is 0.376 e. The summed E-state index contributed by atoms with van der Waals surface area (Å²) >= 11 is 0. The molecular weight excluding hydrogens is 289 g/mol. The Bertz CT molecular complexity index is 744. The van der Waals surface area contributed by atoms with E-state index in [-0.39, 0.29) is 5.82 Å². The molecule has 1 aromatic carbocycles. The van der Waals surface area contributed by atoms with Crippen molar-refractivity contribution in [3.05, 3.63) is 65.2 Å². The number of carbonyl (C=O) groups excluding carboxylic acids is 1. The van der Waals surface area contributed by atoms with Crippen LogP contribution in [0.4, 0.5) is 4.39 Å². The number of aliphatic hydroxyl groups is 1. The molecule has 0 amide bonds. The largest absolute Gasteiger partial charge is 0.506 e. The molecule has 0 fully saturated rings. The fraction of sp³-hybridized carbons (Fsp3) is 0.125. The molecule has 2 N–H and O–H groups in total. The number of rotatable bonds is 5. The summed E-state index contributed by atoms with van der Waals surface area (Å²) < 4.78 is 14.6. The lowest BCUT2D eigenvalue weighted by Gasteiger charge is -2.08. The Morgan fingerprint density at radius 3 is 2.45 bits per heavy atom. The number of nitrogens with zero attached hydrogens (tertiary/aromatic N) is 1. The normalized spacial score (nSPS) is 11.5. The number of aromatic nitrogens is 1. The van der Waals surface area contributed by atoms with Gasteiger partial charge in [-0.3, -0.25) is 4.79 Å². The van der Waals surface area contributed by atoms with Gasteiger partial charge in [0.05, 0.1) is 5.69 Å². The number of carboxylic acids is 1.